The second-order valence-corrected chi connectivity index (χ2v) is 7.89. The molecule has 0 spiro atoms. The van der Waals surface area contributed by atoms with Crippen LogP contribution in [0, 0.1) is 0 Å². The van der Waals surface area contributed by atoms with E-state index in [-0.39, 0.29) is 10.6 Å². The maximum Gasteiger partial charge on any atom is 0.353 e. The summed E-state index contributed by atoms with van der Waals surface area (Å²) in [4.78, 5) is 11.6. The molecule has 0 aliphatic carbocycles. The van der Waals surface area contributed by atoms with E-state index < -0.39 is 15.8 Å². The number of carboxylic acid groups (broad SMARTS) is 1. The SMILES string of the molecule is CSc1c(Br)cc(-c2cc(C(=O)O)[nH]n2)cc1S(C)(=O)=O. The minimum Gasteiger partial charge on any atom is -0.477 e. The average Bonchev–Trinajstić information content (AvgIpc) is 2.86. The summed E-state index contributed by atoms with van der Waals surface area (Å²) in [7, 11) is -3.41. The zero-order valence-corrected chi connectivity index (χ0v) is 14.3. The molecule has 2 aromatic rings. The third kappa shape index (κ3) is 3.30. The number of sulfone groups is 1. The largest absolute Gasteiger partial charge is 0.477 e. The number of aromatic carboxylic acids is 1. The summed E-state index contributed by atoms with van der Waals surface area (Å²) in [6.07, 6.45) is 2.91. The number of rotatable bonds is 4. The highest BCUT2D eigenvalue weighted by molar-refractivity contribution is 9.10. The molecule has 0 atom stereocenters. The van der Waals surface area contributed by atoms with E-state index in [1.165, 1.54) is 23.9 Å². The minimum absolute atomic E-state index is 0.0593. The van der Waals surface area contributed by atoms with Gasteiger partial charge in [0.1, 0.15) is 5.69 Å². The predicted octanol–water partition coefficient (Wildman–Crippen LogP) is 2.66. The Kier molecular flexibility index (Phi) is 4.45. The number of carbonyl (C=O) groups is 1. The second kappa shape index (κ2) is 5.82. The van der Waals surface area contributed by atoms with Gasteiger partial charge in [-0.05, 0) is 40.4 Å². The quantitative estimate of drug-likeness (QED) is 0.778. The maximum atomic E-state index is 11.9. The number of aromatic amines is 1. The van der Waals surface area contributed by atoms with E-state index in [1.807, 2.05) is 0 Å². The Labute approximate surface area is 134 Å². The highest BCUT2D eigenvalue weighted by atomic mass is 79.9. The molecule has 0 aliphatic rings. The molecular weight excluding hydrogens is 380 g/mol. The summed E-state index contributed by atoms with van der Waals surface area (Å²) in [5, 5.41) is 15.2. The normalized spacial score (nSPS) is 11.6. The second-order valence-electron chi connectivity index (χ2n) is 4.23. The van der Waals surface area contributed by atoms with Crippen molar-refractivity contribution in [3.8, 4) is 11.3 Å². The molecular formula is C12H11BrN2O4S2. The molecule has 6 nitrogen and oxygen atoms in total. The predicted molar refractivity (Wildman–Crippen MR) is 83.6 cm³/mol. The van der Waals surface area contributed by atoms with Crippen LogP contribution in [0.25, 0.3) is 11.3 Å². The molecule has 2 N–H and O–H groups in total. The number of hydrogen-bond donors (Lipinski definition) is 2. The molecule has 1 aromatic carbocycles. The molecule has 0 bridgehead atoms. The average molecular weight is 391 g/mol. The fourth-order valence-corrected chi connectivity index (χ4v) is 4.85. The lowest BCUT2D eigenvalue weighted by Crippen LogP contribution is -2.00. The minimum atomic E-state index is -3.41. The van der Waals surface area contributed by atoms with Crippen molar-refractivity contribution in [2.75, 3.05) is 12.5 Å². The molecule has 0 amide bonds. The maximum absolute atomic E-state index is 11.9. The van der Waals surface area contributed by atoms with Crippen LogP contribution in [0.15, 0.2) is 32.5 Å². The van der Waals surface area contributed by atoms with Crippen LogP contribution in [0.5, 0.6) is 0 Å². The van der Waals surface area contributed by atoms with Gasteiger partial charge in [-0.3, -0.25) is 5.10 Å². The zero-order chi connectivity index (χ0) is 15.8. The van der Waals surface area contributed by atoms with Gasteiger partial charge in [-0.2, -0.15) is 5.10 Å². The summed E-state index contributed by atoms with van der Waals surface area (Å²) in [5.74, 6) is -1.13. The molecule has 0 fully saturated rings. The van der Waals surface area contributed by atoms with E-state index in [0.29, 0.717) is 20.6 Å². The molecule has 112 valence electrons. The number of hydrogen-bond acceptors (Lipinski definition) is 5. The number of H-pyrrole nitrogens is 1. The summed E-state index contributed by atoms with van der Waals surface area (Å²) in [6.45, 7) is 0. The molecule has 2 rings (SSSR count). The van der Waals surface area contributed by atoms with E-state index in [1.54, 1.807) is 12.3 Å². The number of nitrogens with one attached hydrogen (secondary N) is 1. The van der Waals surface area contributed by atoms with Gasteiger partial charge < -0.3 is 5.11 Å². The van der Waals surface area contributed by atoms with Gasteiger partial charge in [0.05, 0.1) is 10.6 Å². The zero-order valence-electron chi connectivity index (χ0n) is 11.0. The summed E-state index contributed by atoms with van der Waals surface area (Å²) >= 11 is 4.66. The smallest absolute Gasteiger partial charge is 0.353 e. The lowest BCUT2D eigenvalue weighted by Gasteiger charge is -2.10. The van der Waals surface area contributed by atoms with E-state index >= 15 is 0 Å². The monoisotopic (exact) mass is 390 g/mol. The molecule has 0 aliphatic heterocycles. The molecule has 0 unspecified atom stereocenters. The molecule has 1 aromatic heterocycles. The van der Waals surface area contributed by atoms with Crippen LogP contribution < -0.4 is 0 Å². The molecule has 21 heavy (non-hydrogen) atoms. The summed E-state index contributed by atoms with van der Waals surface area (Å²) < 4.78 is 24.4. The number of thioether (sulfide) groups is 1. The van der Waals surface area contributed by atoms with Crippen molar-refractivity contribution < 1.29 is 18.3 Å². The van der Waals surface area contributed by atoms with Gasteiger partial charge in [-0.25, -0.2) is 13.2 Å². The third-order valence-corrected chi connectivity index (χ3v) is 5.70. The van der Waals surface area contributed by atoms with Crippen LogP contribution in [-0.4, -0.2) is 42.2 Å². The number of benzene rings is 1. The van der Waals surface area contributed by atoms with Gasteiger partial charge >= 0.3 is 5.97 Å². The van der Waals surface area contributed by atoms with Crippen molar-refractivity contribution >= 4 is 43.5 Å². The van der Waals surface area contributed by atoms with Crippen LogP contribution in [0.3, 0.4) is 0 Å². The molecule has 1 heterocycles. The van der Waals surface area contributed by atoms with Gasteiger partial charge in [-0.1, -0.05) is 0 Å². The van der Waals surface area contributed by atoms with Crippen molar-refractivity contribution in [3.05, 3.63) is 28.4 Å². The number of carboxylic acids is 1. The standard InChI is InChI=1S/C12H11BrN2O4S2/c1-20-11-7(13)3-6(4-10(11)21(2,18)19)8-5-9(12(16)17)15-14-8/h3-5H,1-2H3,(H,14,15)(H,16,17). The van der Waals surface area contributed by atoms with Crippen LogP contribution in [0.4, 0.5) is 0 Å². The Morgan fingerprint density at radius 1 is 1.38 bits per heavy atom. The number of halogens is 1. The van der Waals surface area contributed by atoms with Crippen molar-refractivity contribution in [1.29, 1.82) is 0 Å². The third-order valence-electron chi connectivity index (χ3n) is 2.72. The highest BCUT2D eigenvalue weighted by Gasteiger charge is 2.19. The lowest BCUT2D eigenvalue weighted by molar-refractivity contribution is 0.0690. The van der Waals surface area contributed by atoms with Crippen LogP contribution in [-0.2, 0) is 9.84 Å². The Morgan fingerprint density at radius 2 is 2.05 bits per heavy atom. The first-order valence-corrected chi connectivity index (χ1v) is 9.51. The fraction of sp³-hybridized carbons (Fsp3) is 0.167. The van der Waals surface area contributed by atoms with Crippen LogP contribution in [0.2, 0.25) is 0 Å². The topological polar surface area (TPSA) is 100 Å². The number of aromatic nitrogens is 2. The molecule has 0 saturated heterocycles. The van der Waals surface area contributed by atoms with E-state index in [9.17, 15) is 13.2 Å². The van der Waals surface area contributed by atoms with Crippen molar-refractivity contribution in [3.63, 3.8) is 0 Å². The first kappa shape index (κ1) is 16.1. The Balaban J connectivity index is 2.65. The highest BCUT2D eigenvalue weighted by Crippen LogP contribution is 2.36. The number of nitrogens with zero attached hydrogens (tertiary/aromatic N) is 1. The Bertz CT molecular complexity index is 815. The van der Waals surface area contributed by atoms with E-state index in [2.05, 4.69) is 26.1 Å². The van der Waals surface area contributed by atoms with Crippen molar-refractivity contribution in [1.82, 2.24) is 10.2 Å². The van der Waals surface area contributed by atoms with E-state index in [0.717, 1.165) is 6.26 Å². The van der Waals surface area contributed by atoms with Crippen molar-refractivity contribution in [2.45, 2.75) is 9.79 Å². The van der Waals surface area contributed by atoms with Crippen molar-refractivity contribution in [2.24, 2.45) is 0 Å². The fourth-order valence-electron chi connectivity index (χ4n) is 1.77. The summed E-state index contributed by atoms with van der Waals surface area (Å²) in [5.41, 5.74) is 0.825. The molecule has 0 saturated carbocycles. The van der Waals surface area contributed by atoms with Gasteiger partial charge in [0.15, 0.2) is 9.84 Å². The van der Waals surface area contributed by atoms with Gasteiger partial charge in [-0.15, -0.1) is 11.8 Å². The first-order chi connectivity index (χ1) is 9.74. The van der Waals surface area contributed by atoms with Gasteiger partial charge in [0.25, 0.3) is 0 Å². The Morgan fingerprint density at radius 3 is 2.52 bits per heavy atom. The summed E-state index contributed by atoms with van der Waals surface area (Å²) in [6, 6.07) is 4.56. The van der Waals surface area contributed by atoms with Gasteiger partial charge in [0.2, 0.25) is 0 Å². The molecule has 9 heteroatoms. The Hall–Kier alpha value is -1.32. The van der Waals surface area contributed by atoms with Crippen LogP contribution >= 0.6 is 27.7 Å². The van der Waals surface area contributed by atoms with Crippen LogP contribution in [0.1, 0.15) is 10.5 Å². The molecule has 0 radical (unpaired) electrons. The lowest BCUT2D eigenvalue weighted by atomic mass is 10.1. The van der Waals surface area contributed by atoms with Gasteiger partial charge in [0, 0.05) is 21.2 Å². The first-order valence-electron chi connectivity index (χ1n) is 5.60. The van der Waals surface area contributed by atoms with E-state index in [4.69, 9.17) is 5.11 Å².